The van der Waals surface area contributed by atoms with Crippen LogP contribution in [-0.2, 0) is 4.74 Å². The molecule has 2 rings (SSSR count). The molecule has 2 heterocycles. The summed E-state index contributed by atoms with van der Waals surface area (Å²) in [7, 11) is 0. The van der Waals surface area contributed by atoms with E-state index in [1.165, 1.54) is 0 Å². The first-order valence-electron chi connectivity index (χ1n) is 6.65. The topological polar surface area (TPSA) is 51.6 Å². The summed E-state index contributed by atoms with van der Waals surface area (Å²) in [4.78, 5) is 4.13. The molecule has 1 aromatic rings. The first kappa shape index (κ1) is 13.3. The summed E-state index contributed by atoms with van der Waals surface area (Å²) in [6.45, 7) is 4.17. The molecule has 1 aromatic heterocycles. The monoisotopic (exact) mass is 251 g/mol. The smallest absolute Gasteiger partial charge is 0.137 e. The lowest BCUT2D eigenvalue weighted by atomic mass is 9.92. The molecule has 2 unspecified atom stereocenters. The third-order valence-corrected chi connectivity index (χ3v) is 3.19. The summed E-state index contributed by atoms with van der Waals surface area (Å²) in [5.41, 5.74) is 0.819. The van der Waals surface area contributed by atoms with Gasteiger partial charge in [0, 0.05) is 24.3 Å². The van der Waals surface area contributed by atoms with Gasteiger partial charge in [-0.05, 0) is 25.3 Å². The lowest BCUT2D eigenvalue weighted by molar-refractivity contribution is -0.0102. The van der Waals surface area contributed by atoms with Crippen LogP contribution in [0.25, 0.3) is 0 Å². The third kappa shape index (κ3) is 3.43. The number of ether oxygens (including phenoxy) is 2. The molecule has 1 saturated heterocycles. The van der Waals surface area contributed by atoms with Crippen LogP contribution in [0.1, 0.15) is 37.9 Å². The maximum atomic E-state index is 10.3. The van der Waals surface area contributed by atoms with Gasteiger partial charge in [-0.1, -0.05) is 6.92 Å². The van der Waals surface area contributed by atoms with Crippen molar-refractivity contribution < 1.29 is 14.6 Å². The van der Waals surface area contributed by atoms with Crippen molar-refractivity contribution in [1.29, 1.82) is 0 Å². The number of aromatic nitrogens is 1. The Morgan fingerprint density at radius 2 is 2.44 bits per heavy atom. The predicted molar refractivity (Wildman–Crippen MR) is 68.5 cm³/mol. The van der Waals surface area contributed by atoms with Gasteiger partial charge in [0.2, 0.25) is 0 Å². The van der Waals surface area contributed by atoms with E-state index >= 15 is 0 Å². The normalized spacial score (nSPS) is 21.6. The molecule has 1 aliphatic heterocycles. The van der Waals surface area contributed by atoms with Crippen LogP contribution in [0.2, 0.25) is 0 Å². The van der Waals surface area contributed by atoms with Crippen LogP contribution < -0.4 is 4.74 Å². The van der Waals surface area contributed by atoms with Gasteiger partial charge in [-0.15, -0.1) is 0 Å². The van der Waals surface area contributed by atoms with Crippen molar-refractivity contribution in [2.24, 2.45) is 5.92 Å². The highest BCUT2D eigenvalue weighted by Gasteiger charge is 2.24. The molecule has 0 amide bonds. The molecule has 0 aromatic carbocycles. The molecule has 100 valence electrons. The molecule has 2 atom stereocenters. The van der Waals surface area contributed by atoms with E-state index in [0.717, 1.165) is 37.2 Å². The zero-order valence-electron chi connectivity index (χ0n) is 10.8. The number of aliphatic hydroxyl groups is 1. The van der Waals surface area contributed by atoms with Gasteiger partial charge < -0.3 is 14.6 Å². The van der Waals surface area contributed by atoms with Crippen molar-refractivity contribution in [2.75, 3.05) is 19.8 Å². The zero-order valence-corrected chi connectivity index (χ0v) is 10.8. The van der Waals surface area contributed by atoms with Gasteiger partial charge in [0.05, 0.1) is 25.5 Å². The Bertz CT molecular complexity index is 364. The standard InChI is InChI=1S/C14H21NO3/c1-2-5-18-13-7-12(8-15-9-13)14(16)11-4-3-6-17-10-11/h7-9,11,14,16H,2-6,10H2,1H3. The van der Waals surface area contributed by atoms with Crippen LogP contribution in [-0.4, -0.2) is 29.9 Å². The van der Waals surface area contributed by atoms with Crippen LogP contribution in [0, 0.1) is 5.92 Å². The van der Waals surface area contributed by atoms with E-state index in [0.29, 0.717) is 13.2 Å². The summed E-state index contributed by atoms with van der Waals surface area (Å²) in [6, 6.07) is 1.88. The van der Waals surface area contributed by atoms with Gasteiger partial charge in [0.15, 0.2) is 0 Å². The maximum Gasteiger partial charge on any atom is 0.137 e. The fourth-order valence-electron chi connectivity index (χ4n) is 2.18. The highest BCUT2D eigenvalue weighted by molar-refractivity contribution is 5.25. The van der Waals surface area contributed by atoms with Crippen molar-refractivity contribution in [3.8, 4) is 5.75 Å². The van der Waals surface area contributed by atoms with Crippen molar-refractivity contribution >= 4 is 0 Å². The van der Waals surface area contributed by atoms with Crippen molar-refractivity contribution in [3.05, 3.63) is 24.0 Å². The highest BCUT2D eigenvalue weighted by atomic mass is 16.5. The molecule has 0 aliphatic carbocycles. The Balaban J connectivity index is 2.02. The molecule has 1 aliphatic rings. The lowest BCUT2D eigenvalue weighted by Crippen LogP contribution is -2.23. The van der Waals surface area contributed by atoms with E-state index in [9.17, 15) is 5.11 Å². The predicted octanol–water partition coefficient (Wildman–Crippen LogP) is 2.33. The minimum atomic E-state index is -0.511. The van der Waals surface area contributed by atoms with Crippen molar-refractivity contribution in [2.45, 2.75) is 32.3 Å². The van der Waals surface area contributed by atoms with E-state index in [4.69, 9.17) is 9.47 Å². The van der Waals surface area contributed by atoms with Crippen molar-refractivity contribution in [1.82, 2.24) is 4.98 Å². The van der Waals surface area contributed by atoms with Gasteiger partial charge >= 0.3 is 0 Å². The Kier molecular flexibility index (Phi) is 4.96. The van der Waals surface area contributed by atoms with E-state index in [2.05, 4.69) is 11.9 Å². The molecule has 4 nitrogen and oxygen atoms in total. The van der Waals surface area contributed by atoms with Crippen LogP contribution >= 0.6 is 0 Å². The van der Waals surface area contributed by atoms with Crippen LogP contribution in [0.5, 0.6) is 5.75 Å². The molecule has 0 radical (unpaired) electrons. The van der Waals surface area contributed by atoms with Crippen LogP contribution in [0.3, 0.4) is 0 Å². The van der Waals surface area contributed by atoms with Crippen LogP contribution in [0.15, 0.2) is 18.5 Å². The summed E-state index contributed by atoms with van der Waals surface area (Å²) in [5.74, 6) is 0.895. The Labute approximate surface area is 108 Å². The number of rotatable bonds is 5. The molecular formula is C14H21NO3. The summed E-state index contributed by atoms with van der Waals surface area (Å²) < 4.78 is 10.9. The van der Waals surface area contributed by atoms with E-state index in [-0.39, 0.29) is 5.92 Å². The lowest BCUT2D eigenvalue weighted by Gasteiger charge is -2.26. The SMILES string of the molecule is CCCOc1cncc(C(O)C2CCCOC2)c1. The third-order valence-electron chi connectivity index (χ3n) is 3.19. The number of hydrogen-bond donors (Lipinski definition) is 1. The second-order valence-electron chi connectivity index (χ2n) is 4.72. The Morgan fingerprint density at radius 1 is 1.56 bits per heavy atom. The van der Waals surface area contributed by atoms with Crippen LogP contribution in [0.4, 0.5) is 0 Å². The summed E-state index contributed by atoms with van der Waals surface area (Å²) >= 11 is 0. The van der Waals surface area contributed by atoms with Gasteiger partial charge in [-0.25, -0.2) is 0 Å². The zero-order chi connectivity index (χ0) is 12.8. The van der Waals surface area contributed by atoms with E-state index < -0.39 is 6.10 Å². The summed E-state index contributed by atoms with van der Waals surface area (Å²) in [6.07, 6.45) is 5.86. The van der Waals surface area contributed by atoms with E-state index in [1.807, 2.05) is 6.07 Å². The first-order chi connectivity index (χ1) is 8.81. The molecule has 0 bridgehead atoms. The Morgan fingerprint density at radius 3 is 3.17 bits per heavy atom. The molecule has 0 saturated carbocycles. The average Bonchev–Trinajstić information content (AvgIpc) is 2.45. The van der Waals surface area contributed by atoms with E-state index in [1.54, 1.807) is 12.4 Å². The van der Waals surface area contributed by atoms with Gasteiger partial charge in [0.25, 0.3) is 0 Å². The second kappa shape index (κ2) is 6.71. The molecule has 1 N–H and O–H groups in total. The molecular weight excluding hydrogens is 230 g/mol. The molecule has 1 fully saturated rings. The quantitative estimate of drug-likeness (QED) is 0.872. The Hall–Kier alpha value is -1.13. The van der Waals surface area contributed by atoms with Gasteiger partial charge in [-0.2, -0.15) is 0 Å². The molecule has 4 heteroatoms. The summed E-state index contributed by atoms with van der Waals surface area (Å²) in [5, 5.41) is 10.3. The van der Waals surface area contributed by atoms with Crippen molar-refractivity contribution in [3.63, 3.8) is 0 Å². The highest BCUT2D eigenvalue weighted by Crippen LogP contribution is 2.29. The van der Waals surface area contributed by atoms with Gasteiger partial charge in [-0.3, -0.25) is 4.98 Å². The number of aliphatic hydroxyl groups excluding tert-OH is 1. The minimum absolute atomic E-state index is 0.168. The fraction of sp³-hybridized carbons (Fsp3) is 0.643. The molecule has 18 heavy (non-hydrogen) atoms. The fourth-order valence-corrected chi connectivity index (χ4v) is 2.18. The molecule has 0 spiro atoms. The average molecular weight is 251 g/mol. The number of pyridine rings is 1. The second-order valence-corrected chi connectivity index (χ2v) is 4.72. The minimum Gasteiger partial charge on any atom is -0.492 e. The maximum absolute atomic E-state index is 10.3. The number of nitrogens with zero attached hydrogens (tertiary/aromatic N) is 1. The largest absolute Gasteiger partial charge is 0.492 e. The first-order valence-corrected chi connectivity index (χ1v) is 6.65. The number of hydrogen-bond acceptors (Lipinski definition) is 4. The van der Waals surface area contributed by atoms with Gasteiger partial charge in [0.1, 0.15) is 5.75 Å².